The van der Waals surface area contributed by atoms with Crippen LogP contribution in [0.15, 0.2) is 29.3 Å². The number of hydrogen-bond donors (Lipinski definition) is 1. The summed E-state index contributed by atoms with van der Waals surface area (Å²) < 4.78 is 0.646. The van der Waals surface area contributed by atoms with Gasteiger partial charge in [-0.05, 0) is 34.7 Å². The molecule has 1 N–H and O–H groups in total. The molecule has 0 aliphatic carbocycles. The number of aromatic amines is 1. The number of rotatable bonds is 1. The van der Waals surface area contributed by atoms with Gasteiger partial charge in [0, 0.05) is 23.4 Å². The van der Waals surface area contributed by atoms with E-state index in [4.69, 9.17) is 0 Å². The van der Waals surface area contributed by atoms with Gasteiger partial charge < -0.3 is 4.98 Å². The van der Waals surface area contributed by atoms with Crippen LogP contribution >= 0.6 is 22.6 Å². The predicted octanol–water partition coefficient (Wildman–Crippen LogP) is 2.73. The molecule has 0 aliphatic rings. The first kappa shape index (κ1) is 13.2. The summed E-state index contributed by atoms with van der Waals surface area (Å²) in [6, 6.07) is 3.70. The zero-order valence-corrected chi connectivity index (χ0v) is 12.6. The number of nitrogens with one attached hydrogen (secondary N) is 1. The second-order valence-electron chi connectivity index (χ2n) is 5.07. The lowest BCUT2D eigenvalue weighted by atomic mass is 9.92. The van der Waals surface area contributed by atoms with Gasteiger partial charge in [0.2, 0.25) is 0 Å². The number of aromatic nitrogens is 3. The highest BCUT2D eigenvalue weighted by Gasteiger charge is 2.22. The molecule has 0 aliphatic heterocycles. The zero-order chi connectivity index (χ0) is 13.3. The van der Waals surface area contributed by atoms with Crippen LogP contribution in [0.2, 0.25) is 0 Å². The van der Waals surface area contributed by atoms with Gasteiger partial charge in [-0.1, -0.05) is 20.8 Å². The van der Waals surface area contributed by atoms with Gasteiger partial charge in [0.05, 0.1) is 5.69 Å². The lowest BCUT2D eigenvalue weighted by Crippen LogP contribution is -2.24. The van der Waals surface area contributed by atoms with Gasteiger partial charge >= 0.3 is 0 Å². The average Bonchev–Trinajstić information content (AvgIpc) is 2.32. The molecule has 2 aromatic heterocycles. The Hall–Kier alpha value is -1.24. The van der Waals surface area contributed by atoms with E-state index in [1.807, 2.05) is 55.5 Å². The molecule has 0 spiro atoms. The van der Waals surface area contributed by atoms with E-state index in [1.54, 1.807) is 12.4 Å². The van der Waals surface area contributed by atoms with Crippen molar-refractivity contribution in [3.63, 3.8) is 0 Å². The molecule has 2 rings (SSSR count). The highest BCUT2D eigenvalue weighted by atomic mass is 127. The molecule has 0 atom stereocenters. The Morgan fingerprint density at radius 2 is 2.06 bits per heavy atom. The molecule has 0 unspecified atom stereocenters. The van der Waals surface area contributed by atoms with Gasteiger partial charge in [-0.25, -0.2) is 4.98 Å². The highest BCUT2D eigenvalue weighted by Crippen LogP contribution is 2.24. The van der Waals surface area contributed by atoms with Crippen LogP contribution < -0.4 is 5.56 Å². The van der Waals surface area contributed by atoms with Gasteiger partial charge in [-0.2, -0.15) is 0 Å². The first-order valence-corrected chi connectivity index (χ1v) is 6.68. The molecule has 4 nitrogen and oxygen atoms in total. The summed E-state index contributed by atoms with van der Waals surface area (Å²) in [6.45, 7) is 6.14. The smallest absolute Gasteiger partial charge is 0.264 e. The standard InChI is InChI=1S/C13H14IN3O/c1-13(2,3)10-9(14)12(18)17-11(16-10)8-5-4-6-15-7-8/h4-7H,1-3H3,(H,16,17,18). The number of nitrogens with zero attached hydrogens (tertiary/aromatic N) is 2. The number of halogens is 1. The van der Waals surface area contributed by atoms with Gasteiger partial charge in [-0.15, -0.1) is 0 Å². The van der Waals surface area contributed by atoms with E-state index in [2.05, 4.69) is 15.0 Å². The Morgan fingerprint density at radius 1 is 1.33 bits per heavy atom. The van der Waals surface area contributed by atoms with Gasteiger partial charge in [0.25, 0.3) is 5.56 Å². The van der Waals surface area contributed by atoms with Gasteiger partial charge in [0.1, 0.15) is 9.39 Å². The monoisotopic (exact) mass is 355 g/mol. The Kier molecular flexibility index (Phi) is 3.52. The Balaban J connectivity index is 2.66. The molecule has 0 saturated heterocycles. The summed E-state index contributed by atoms with van der Waals surface area (Å²) in [7, 11) is 0. The van der Waals surface area contributed by atoms with Crippen molar-refractivity contribution in [1.82, 2.24) is 15.0 Å². The SMILES string of the molecule is CC(C)(C)c1nc(-c2cccnc2)[nH]c(=O)c1I. The van der Waals surface area contributed by atoms with E-state index in [9.17, 15) is 4.79 Å². The highest BCUT2D eigenvalue weighted by molar-refractivity contribution is 14.1. The van der Waals surface area contributed by atoms with E-state index in [-0.39, 0.29) is 11.0 Å². The third-order valence-electron chi connectivity index (χ3n) is 2.51. The average molecular weight is 355 g/mol. The maximum absolute atomic E-state index is 12.0. The van der Waals surface area contributed by atoms with E-state index in [1.165, 1.54) is 0 Å². The molecule has 0 fully saturated rings. The number of H-pyrrole nitrogens is 1. The minimum Gasteiger partial charge on any atom is -0.306 e. The Labute approximate surface area is 119 Å². The van der Waals surface area contributed by atoms with E-state index in [0.29, 0.717) is 9.39 Å². The van der Waals surface area contributed by atoms with Crippen LogP contribution in [-0.4, -0.2) is 15.0 Å². The Bertz CT molecular complexity index is 614. The first-order valence-electron chi connectivity index (χ1n) is 5.60. The molecular weight excluding hydrogens is 341 g/mol. The van der Waals surface area contributed by atoms with Crippen LogP contribution in [0.1, 0.15) is 26.5 Å². The summed E-state index contributed by atoms with van der Waals surface area (Å²) in [4.78, 5) is 23.4. The van der Waals surface area contributed by atoms with Crippen molar-refractivity contribution >= 4 is 22.6 Å². The van der Waals surface area contributed by atoms with E-state index >= 15 is 0 Å². The molecule has 0 bridgehead atoms. The van der Waals surface area contributed by atoms with Crippen molar-refractivity contribution in [1.29, 1.82) is 0 Å². The fourth-order valence-electron chi connectivity index (χ4n) is 1.60. The molecule has 5 heteroatoms. The molecule has 94 valence electrons. The van der Waals surface area contributed by atoms with Crippen LogP contribution in [0.4, 0.5) is 0 Å². The minimum absolute atomic E-state index is 0.102. The number of pyridine rings is 1. The van der Waals surface area contributed by atoms with Crippen LogP contribution in [0.3, 0.4) is 0 Å². The van der Waals surface area contributed by atoms with Crippen molar-refractivity contribution in [3.05, 3.63) is 44.1 Å². The summed E-state index contributed by atoms with van der Waals surface area (Å²) >= 11 is 2.04. The fraction of sp³-hybridized carbons (Fsp3) is 0.308. The van der Waals surface area contributed by atoms with Crippen LogP contribution in [-0.2, 0) is 5.41 Å². The first-order chi connectivity index (χ1) is 8.39. The topological polar surface area (TPSA) is 58.6 Å². The van der Waals surface area contributed by atoms with Crippen LogP contribution in [0.25, 0.3) is 11.4 Å². The Morgan fingerprint density at radius 3 is 2.61 bits per heavy atom. The summed E-state index contributed by atoms with van der Waals surface area (Å²) in [5, 5.41) is 0. The summed E-state index contributed by atoms with van der Waals surface area (Å²) in [5.41, 5.74) is 1.36. The predicted molar refractivity (Wildman–Crippen MR) is 79.5 cm³/mol. The molecule has 18 heavy (non-hydrogen) atoms. The van der Waals surface area contributed by atoms with E-state index in [0.717, 1.165) is 11.3 Å². The van der Waals surface area contributed by atoms with Gasteiger partial charge in [0.15, 0.2) is 0 Å². The third-order valence-corrected chi connectivity index (χ3v) is 3.51. The normalized spacial score (nSPS) is 11.6. The van der Waals surface area contributed by atoms with Crippen LogP contribution in [0.5, 0.6) is 0 Å². The fourth-order valence-corrected chi connectivity index (χ4v) is 2.66. The van der Waals surface area contributed by atoms with Crippen LogP contribution in [0, 0.1) is 3.57 Å². The second-order valence-corrected chi connectivity index (χ2v) is 6.15. The molecule has 0 amide bonds. The maximum atomic E-state index is 12.0. The van der Waals surface area contributed by atoms with Crippen molar-refractivity contribution in [2.75, 3.05) is 0 Å². The minimum atomic E-state index is -0.165. The molecule has 0 aromatic carbocycles. The molecular formula is C13H14IN3O. The van der Waals surface area contributed by atoms with Crippen molar-refractivity contribution in [2.24, 2.45) is 0 Å². The van der Waals surface area contributed by atoms with Crippen molar-refractivity contribution < 1.29 is 0 Å². The lowest BCUT2D eigenvalue weighted by Gasteiger charge is -2.19. The third kappa shape index (κ3) is 2.60. The van der Waals surface area contributed by atoms with E-state index < -0.39 is 0 Å². The summed E-state index contributed by atoms with van der Waals surface area (Å²) in [6.07, 6.45) is 3.39. The van der Waals surface area contributed by atoms with Crippen molar-refractivity contribution in [3.8, 4) is 11.4 Å². The largest absolute Gasteiger partial charge is 0.306 e. The van der Waals surface area contributed by atoms with Gasteiger partial charge in [-0.3, -0.25) is 9.78 Å². The molecule has 0 saturated carbocycles. The molecule has 2 heterocycles. The molecule has 0 radical (unpaired) electrons. The second kappa shape index (κ2) is 4.79. The zero-order valence-electron chi connectivity index (χ0n) is 10.5. The number of hydrogen-bond acceptors (Lipinski definition) is 3. The quantitative estimate of drug-likeness (QED) is 0.801. The maximum Gasteiger partial charge on any atom is 0.264 e. The lowest BCUT2D eigenvalue weighted by molar-refractivity contribution is 0.562. The summed E-state index contributed by atoms with van der Waals surface area (Å²) in [5.74, 6) is 0.568. The molecule has 2 aromatic rings. The van der Waals surface area contributed by atoms with Crippen molar-refractivity contribution in [2.45, 2.75) is 26.2 Å².